The minimum absolute atomic E-state index is 0.155. The van der Waals surface area contributed by atoms with Crippen LogP contribution >= 0.6 is 0 Å². The minimum Gasteiger partial charge on any atom is -0.480 e. The van der Waals surface area contributed by atoms with Crippen LogP contribution in [0.1, 0.15) is 40.5 Å². The van der Waals surface area contributed by atoms with Crippen LogP contribution in [-0.2, 0) is 9.59 Å². The lowest BCUT2D eigenvalue weighted by atomic mass is 9.72. The van der Waals surface area contributed by atoms with Gasteiger partial charge in [-0.3, -0.25) is 9.59 Å². The Balaban J connectivity index is 5.01. The third kappa shape index (κ3) is 7.12. The van der Waals surface area contributed by atoms with Crippen molar-refractivity contribution < 1.29 is 30.0 Å². The molecule has 0 aliphatic carbocycles. The summed E-state index contributed by atoms with van der Waals surface area (Å²) in [6.07, 6.45) is 0.972. The lowest BCUT2D eigenvalue weighted by Gasteiger charge is -2.38. The number of carbonyl (C=O) groups is 2. The van der Waals surface area contributed by atoms with Crippen LogP contribution in [0.15, 0.2) is 0 Å². The van der Waals surface area contributed by atoms with Crippen molar-refractivity contribution in [3.05, 3.63) is 0 Å². The van der Waals surface area contributed by atoms with Crippen LogP contribution in [-0.4, -0.2) is 70.8 Å². The smallest absolute Gasteiger partial charge is 0.321 e. The molecule has 24 heavy (non-hydrogen) atoms. The first-order chi connectivity index (χ1) is 11.0. The molecule has 0 rings (SSSR count). The molecular weight excluding hydrogens is 316 g/mol. The highest BCUT2D eigenvalue weighted by molar-refractivity contribution is 5.75. The van der Waals surface area contributed by atoms with Crippen LogP contribution < -0.4 is 10.6 Å². The van der Waals surface area contributed by atoms with Gasteiger partial charge < -0.3 is 31.1 Å². The van der Waals surface area contributed by atoms with Crippen molar-refractivity contribution in [3.63, 3.8) is 0 Å². The molecule has 0 aliphatic heterocycles. The second kappa shape index (κ2) is 9.93. The third-order valence-corrected chi connectivity index (χ3v) is 4.39. The molecule has 2 atom stereocenters. The summed E-state index contributed by atoms with van der Waals surface area (Å²) < 4.78 is 0. The first kappa shape index (κ1) is 22.8. The van der Waals surface area contributed by atoms with Gasteiger partial charge in [-0.1, -0.05) is 27.7 Å². The molecule has 0 aromatic carbocycles. The quantitative estimate of drug-likeness (QED) is 0.271. The normalized spacial score (nSPS) is 15.1. The number of aliphatic hydroxyl groups excluding tert-OH is 2. The summed E-state index contributed by atoms with van der Waals surface area (Å²) in [6.45, 7) is 7.28. The molecule has 0 spiro atoms. The molecule has 8 heteroatoms. The molecule has 0 saturated heterocycles. The minimum atomic E-state index is -1.00. The maximum Gasteiger partial charge on any atom is 0.321 e. The Bertz CT molecular complexity index is 373. The fourth-order valence-corrected chi connectivity index (χ4v) is 2.75. The molecule has 2 unspecified atom stereocenters. The lowest BCUT2D eigenvalue weighted by molar-refractivity contribution is -0.145. The van der Waals surface area contributed by atoms with E-state index < -0.39 is 34.9 Å². The summed E-state index contributed by atoms with van der Waals surface area (Å²) >= 11 is 0. The van der Waals surface area contributed by atoms with Gasteiger partial charge in [-0.05, 0) is 23.7 Å². The van der Waals surface area contributed by atoms with E-state index >= 15 is 0 Å². The van der Waals surface area contributed by atoms with Gasteiger partial charge in [0.25, 0.3) is 0 Å². The predicted molar refractivity (Wildman–Crippen MR) is 89.8 cm³/mol. The van der Waals surface area contributed by atoms with Crippen molar-refractivity contribution in [1.82, 2.24) is 10.6 Å². The first-order valence-electron chi connectivity index (χ1n) is 8.13. The number of hydrogen-bond donors (Lipinski definition) is 6. The van der Waals surface area contributed by atoms with Gasteiger partial charge in [0.15, 0.2) is 0 Å². The molecule has 0 heterocycles. The summed E-state index contributed by atoms with van der Waals surface area (Å²) in [7, 11) is 0. The van der Waals surface area contributed by atoms with E-state index in [9.17, 15) is 19.8 Å². The summed E-state index contributed by atoms with van der Waals surface area (Å²) in [5.41, 5.74) is -1.25. The number of aliphatic carboxylic acids is 2. The number of rotatable bonds is 13. The van der Waals surface area contributed by atoms with E-state index in [0.29, 0.717) is 12.8 Å². The monoisotopic (exact) mass is 348 g/mol. The molecule has 0 aromatic heterocycles. The number of hydrogen-bond acceptors (Lipinski definition) is 6. The molecule has 0 amide bonds. The fraction of sp³-hybridized carbons (Fsp3) is 0.875. The van der Waals surface area contributed by atoms with Gasteiger partial charge in [0.1, 0.15) is 12.1 Å². The van der Waals surface area contributed by atoms with Crippen LogP contribution in [0.5, 0.6) is 0 Å². The SMILES string of the molecule is CC(C)(CCC(C)(C)C(NCCO)C(=O)O)C(NCCO)C(=O)O. The summed E-state index contributed by atoms with van der Waals surface area (Å²) in [6, 6.07) is -1.68. The van der Waals surface area contributed by atoms with Gasteiger partial charge in [-0.15, -0.1) is 0 Å². The summed E-state index contributed by atoms with van der Waals surface area (Å²) in [5.74, 6) is -2.00. The zero-order chi connectivity index (χ0) is 19.0. The molecule has 0 radical (unpaired) electrons. The Morgan fingerprint density at radius 3 is 1.29 bits per heavy atom. The summed E-state index contributed by atoms with van der Waals surface area (Å²) in [5, 5.41) is 42.2. The van der Waals surface area contributed by atoms with Gasteiger partial charge in [0.05, 0.1) is 13.2 Å². The Morgan fingerprint density at radius 2 is 1.08 bits per heavy atom. The van der Waals surface area contributed by atoms with Crippen LogP contribution in [0.2, 0.25) is 0 Å². The topological polar surface area (TPSA) is 139 Å². The maximum absolute atomic E-state index is 11.5. The predicted octanol–water partition coefficient (Wildman–Crippen LogP) is -0.111. The van der Waals surface area contributed by atoms with Crippen molar-refractivity contribution in [2.75, 3.05) is 26.3 Å². The molecule has 0 fully saturated rings. The fourth-order valence-electron chi connectivity index (χ4n) is 2.75. The van der Waals surface area contributed by atoms with Crippen LogP contribution in [0, 0.1) is 10.8 Å². The average Bonchev–Trinajstić information content (AvgIpc) is 2.45. The molecule has 6 N–H and O–H groups in total. The van der Waals surface area contributed by atoms with Gasteiger partial charge in [0.2, 0.25) is 0 Å². The number of carboxylic acid groups (broad SMARTS) is 2. The molecule has 0 aromatic rings. The second-order valence-corrected chi connectivity index (χ2v) is 7.38. The molecule has 8 nitrogen and oxygen atoms in total. The Morgan fingerprint density at radius 1 is 0.792 bits per heavy atom. The van der Waals surface area contributed by atoms with Gasteiger partial charge in [-0.25, -0.2) is 0 Å². The standard InChI is InChI=1S/C16H32N2O6/c1-15(2,11(13(21)22)17-7-9-19)5-6-16(3,4)12(14(23)24)18-8-10-20/h11-12,17-20H,5-10H2,1-4H3,(H,21,22)(H,23,24). The van der Waals surface area contributed by atoms with Crippen molar-refractivity contribution in [2.45, 2.75) is 52.6 Å². The Kier molecular flexibility index (Phi) is 9.42. The highest BCUT2D eigenvalue weighted by Crippen LogP contribution is 2.35. The zero-order valence-corrected chi connectivity index (χ0v) is 15.0. The molecule has 142 valence electrons. The van der Waals surface area contributed by atoms with E-state index in [1.807, 2.05) is 27.7 Å². The second-order valence-electron chi connectivity index (χ2n) is 7.38. The lowest BCUT2D eigenvalue weighted by Crippen LogP contribution is -2.51. The Hall–Kier alpha value is -1.22. The summed E-state index contributed by atoms with van der Waals surface area (Å²) in [4.78, 5) is 23.0. The largest absolute Gasteiger partial charge is 0.480 e. The highest BCUT2D eigenvalue weighted by atomic mass is 16.4. The van der Waals surface area contributed by atoms with Crippen LogP contribution in [0.4, 0.5) is 0 Å². The first-order valence-corrected chi connectivity index (χ1v) is 8.13. The average molecular weight is 348 g/mol. The van der Waals surface area contributed by atoms with E-state index in [4.69, 9.17) is 10.2 Å². The van der Waals surface area contributed by atoms with E-state index in [-0.39, 0.29) is 26.3 Å². The van der Waals surface area contributed by atoms with Gasteiger partial charge >= 0.3 is 11.9 Å². The van der Waals surface area contributed by atoms with E-state index in [0.717, 1.165) is 0 Å². The van der Waals surface area contributed by atoms with Crippen LogP contribution in [0.3, 0.4) is 0 Å². The van der Waals surface area contributed by atoms with Crippen molar-refractivity contribution in [3.8, 4) is 0 Å². The molecule has 0 bridgehead atoms. The van der Waals surface area contributed by atoms with Crippen molar-refractivity contribution in [2.24, 2.45) is 10.8 Å². The highest BCUT2D eigenvalue weighted by Gasteiger charge is 2.40. The molecule has 0 aliphatic rings. The van der Waals surface area contributed by atoms with Crippen molar-refractivity contribution in [1.29, 1.82) is 0 Å². The zero-order valence-electron chi connectivity index (χ0n) is 15.0. The maximum atomic E-state index is 11.5. The molecular formula is C16H32N2O6. The van der Waals surface area contributed by atoms with Gasteiger partial charge in [-0.2, -0.15) is 0 Å². The number of nitrogens with one attached hydrogen (secondary N) is 2. The van der Waals surface area contributed by atoms with E-state index in [1.165, 1.54) is 0 Å². The Labute approximate surface area is 143 Å². The third-order valence-electron chi connectivity index (χ3n) is 4.39. The van der Waals surface area contributed by atoms with E-state index in [1.54, 1.807) is 0 Å². The van der Waals surface area contributed by atoms with Crippen molar-refractivity contribution >= 4 is 11.9 Å². The number of aliphatic hydroxyl groups is 2. The number of carboxylic acids is 2. The van der Waals surface area contributed by atoms with Crippen LogP contribution in [0.25, 0.3) is 0 Å². The molecule has 0 saturated carbocycles. The van der Waals surface area contributed by atoms with Gasteiger partial charge in [0, 0.05) is 13.1 Å². The van der Waals surface area contributed by atoms with E-state index in [2.05, 4.69) is 10.6 Å².